The predicted octanol–water partition coefficient (Wildman–Crippen LogP) is 1.41. The molecular weight excluding hydrogens is 362 g/mol. The number of nitrogens with zero attached hydrogens (tertiary/aromatic N) is 2. The van der Waals surface area contributed by atoms with Gasteiger partial charge >= 0.3 is 0 Å². The summed E-state index contributed by atoms with van der Waals surface area (Å²) < 4.78 is 0. The van der Waals surface area contributed by atoms with Gasteiger partial charge in [0.2, 0.25) is 0 Å². The van der Waals surface area contributed by atoms with Gasteiger partial charge in [0.1, 0.15) is 17.3 Å². The number of hydrogen-bond acceptors (Lipinski definition) is 3. The van der Waals surface area contributed by atoms with Crippen LogP contribution in [0.2, 0.25) is 0 Å². The number of amides is 2. The van der Waals surface area contributed by atoms with E-state index in [-0.39, 0.29) is 10.9 Å². The number of carbonyl (C=O) groups is 2. The average molecular weight is 383 g/mol. The van der Waals surface area contributed by atoms with Crippen LogP contribution in [-0.4, -0.2) is 42.9 Å². The van der Waals surface area contributed by atoms with Crippen LogP contribution < -0.4 is 9.80 Å². The number of nitrogens with one attached hydrogen (secondary N) is 1. The van der Waals surface area contributed by atoms with Gasteiger partial charge in [-0.25, -0.2) is 4.90 Å². The highest BCUT2D eigenvalue weighted by Crippen LogP contribution is 2.30. The molecule has 2 heterocycles. The van der Waals surface area contributed by atoms with E-state index in [1.54, 1.807) is 24.3 Å². The number of piperazine rings is 1. The molecule has 0 aromatic heterocycles. The van der Waals surface area contributed by atoms with Gasteiger partial charge in [-0.05, 0) is 12.1 Å². The Morgan fingerprint density at radius 3 is 2.07 bits per heavy atom. The minimum absolute atomic E-state index is 0.0235. The number of rotatable bonds is 4. The Balaban J connectivity index is 1.45. The molecule has 2 aromatic rings. The van der Waals surface area contributed by atoms with Gasteiger partial charge in [-0.3, -0.25) is 9.59 Å². The molecule has 1 N–H and O–H groups in total. The van der Waals surface area contributed by atoms with E-state index in [0.29, 0.717) is 24.5 Å². The third-order valence-electron chi connectivity index (χ3n) is 5.10. The van der Waals surface area contributed by atoms with Crippen LogP contribution in [0.5, 0.6) is 0 Å². The molecule has 0 radical (unpaired) electrons. The SMILES string of the molecule is O=C1C(Cl)=C(N2CC[NH+](Cc3ccccc3)CC2)C(=O)N1c1ccccc1. The molecule has 2 aliphatic heterocycles. The highest BCUT2D eigenvalue weighted by molar-refractivity contribution is 6.52. The van der Waals surface area contributed by atoms with E-state index < -0.39 is 5.91 Å². The lowest BCUT2D eigenvalue weighted by atomic mass is 10.2. The van der Waals surface area contributed by atoms with Crippen molar-refractivity contribution in [3.05, 3.63) is 77.0 Å². The van der Waals surface area contributed by atoms with Crippen molar-refractivity contribution in [2.24, 2.45) is 0 Å². The average Bonchev–Trinajstić information content (AvgIpc) is 2.93. The second-order valence-electron chi connectivity index (χ2n) is 6.84. The zero-order valence-corrected chi connectivity index (χ0v) is 15.7. The number of anilines is 1. The van der Waals surface area contributed by atoms with Crippen molar-refractivity contribution >= 4 is 29.1 Å². The fraction of sp³-hybridized carbons (Fsp3) is 0.238. The molecule has 0 unspecified atom stereocenters. The van der Waals surface area contributed by atoms with Crippen molar-refractivity contribution in [1.82, 2.24) is 4.90 Å². The fourth-order valence-electron chi connectivity index (χ4n) is 3.68. The summed E-state index contributed by atoms with van der Waals surface area (Å²) in [4.78, 5) is 30.1. The van der Waals surface area contributed by atoms with Crippen molar-refractivity contribution in [2.75, 3.05) is 31.1 Å². The van der Waals surface area contributed by atoms with Crippen molar-refractivity contribution in [3.8, 4) is 0 Å². The number of hydrogen-bond donors (Lipinski definition) is 1. The zero-order valence-electron chi connectivity index (χ0n) is 14.9. The van der Waals surface area contributed by atoms with E-state index in [1.807, 2.05) is 17.0 Å². The third kappa shape index (κ3) is 3.48. The van der Waals surface area contributed by atoms with Crippen molar-refractivity contribution < 1.29 is 14.5 Å². The molecule has 27 heavy (non-hydrogen) atoms. The first-order chi connectivity index (χ1) is 13.1. The van der Waals surface area contributed by atoms with Crippen LogP contribution in [-0.2, 0) is 16.1 Å². The minimum atomic E-state index is -0.443. The Hall–Kier alpha value is -2.63. The van der Waals surface area contributed by atoms with Crippen LogP contribution in [0.15, 0.2) is 71.4 Å². The molecule has 0 atom stereocenters. The van der Waals surface area contributed by atoms with E-state index in [0.717, 1.165) is 19.6 Å². The number of halogens is 1. The summed E-state index contributed by atoms with van der Waals surface area (Å²) in [5.74, 6) is -0.773. The molecule has 2 aromatic carbocycles. The van der Waals surface area contributed by atoms with Crippen molar-refractivity contribution in [3.63, 3.8) is 0 Å². The molecule has 4 rings (SSSR count). The third-order valence-corrected chi connectivity index (χ3v) is 5.44. The molecular formula is C21H21ClN3O2+. The monoisotopic (exact) mass is 382 g/mol. The topological polar surface area (TPSA) is 45.1 Å². The number of benzene rings is 2. The molecule has 0 bridgehead atoms. The van der Waals surface area contributed by atoms with Gasteiger partial charge in [-0.1, -0.05) is 60.1 Å². The minimum Gasteiger partial charge on any atom is -0.354 e. The number of carbonyl (C=O) groups excluding carboxylic acids is 2. The molecule has 1 saturated heterocycles. The van der Waals surface area contributed by atoms with Crippen LogP contribution in [0.4, 0.5) is 5.69 Å². The summed E-state index contributed by atoms with van der Waals surface area (Å²) in [6.07, 6.45) is 0. The Kier molecular flexibility index (Phi) is 4.97. The first kappa shape index (κ1) is 17.8. The van der Waals surface area contributed by atoms with Crippen molar-refractivity contribution in [1.29, 1.82) is 0 Å². The maximum atomic E-state index is 12.9. The Bertz CT molecular complexity index is 875. The second-order valence-corrected chi connectivity index (χ2v) is 7.22. The largest absolute Gasteiger partial charge is 0.354 e. The molecule has 0 spiro atoms. The molecule has 138 valence electrons. The summed E-state index contributed by atoms with van der Waals surface area (Å²) in [6, 6.07) is 19.3. The fourth-order valence-corrected chi connectivity index (χ4v) is 3.97. The van der Waals surface area contributed by atoms with E-state index in [1.165, 1.54) is 15.4 Å². The lowest BCUT2D eigenvalue weighted by Crippen LogP contribution is -3.13. The highest BCUT2D eigenvalue weighted by Gasteiger charge is 2.42. The maximum absolute atomic E-state index is 12.9. The maximum Gasteiger partial charge on any atom is 0.283 e. The van der Waals surface area contributed by atoms with Crippen LogP contribution >= 0.6 is 11.6 Å². The smallest absolute Gasteiger partial charge is 0.283 e. The molecule has 1 fully saturated rings. The second kappa shape index (κ2) is 7.55. The van der Waals surface area contributed by atoms with Gasteiger partial charge in [0.15, 0.2) is 0 Å². The lowest BCUT2D eigenvalue weighted by Gasteiger charge is -2.33. The highest BCUT2D eigenvalue weighted by atomic mass is 35.5. The van der Waals surface area contributed by atoms with E-state index in [2.05, 4.69) is 24.3 Å². The number of quaternary nitrogens is 1. The Morgan fingerprint density at radius 2 is 1.44 bits per heavy atom. The molecule has 0 aliphatic carbocycles. The summed E-state index contributed by atoms with van der Waals surface area (Å²) in [5.41, 5.74) is 2.19. The van der Waals surface area contributed by atoms with E-state index in [4.69, 9.17) is 11.6 Å². The van der Waals surface area contributed by atoms with E-state index in [9.17, 15) is 9.59 Å². The van der Waals surface area contributed by atoms with Crippen molar-refractivity contribution in [2.45, 2.75) is 6.54 Å². The molecule has 5 nitrogen and oxygen atoms in total. The molecule has 2 amide bonds. The first-order valence-corrected chi connectivity index (χ1v) is 9.49. The Labute approximate surface area is 163 Å². The Morgan fingerprint density at radius 1 is 0.852 bits per heavy atom. The number of imide groups is 1. The van der Waals surface area contributed by atoms with Crippen LogP contribution in [0.3, 0.4) is 0 Å². The lowest BCUT2D eigenvalue weighted by molar-refractivity contribution is -0.917. The standard InChI is InChI=1S/C21H20ClN3O2/c22-18-19(21(27)25(20(18)26)17-9-5-2-6-10-17)24-13-11-23(12-14-24)15-16-7-3-1-4-8-16/h1-10H,11-15H2/p+1. The van der Waals surface area contributed by atoms with Gasteiger partial charge in [0.25, 0.3) is 11.8 Å². The summed E-state index contributed by atoms with van der Waals surface area (Å²) in [5, 5.41) is 0.0235. The van der Waals surface area contributed by atoms with E-state index >= 15 is 0 Å². The summed E-state index contributed by atoms with van der Waals surface area (Å²) in [7, 11) is 0. The van der Waals surface area contributed by atoms with Gasteiger partial charge in [0.05, 0.1) is 31.9 Å². The van der Waals surface area contributed by atoms with Gasteiger partial charge in [0, 0.05) is 5.56 Å². The van der Waals surface area contributed by atoms with Gasteiger partial charge < -0.3 is 9.80 Å². The van der Waals surface area contributed by atoms with Crippen LogP contribution in [0.1, 0.15) is 5.56 Å². The van der Waals surface area contributed by atoms with Gasteiger partial charge in [-0.2, -0.15) is 0 Å². The first-order valence-electron chi connectivity index (χ1n) is 9.11. The zero-order chi connectivity index (χ0) is 18.8. The van der Waals surface area contributed by atoms with Crippen LogP contribution in [0.25, 0.3) is 0 Å². The van der Waals surface area contributed by atoms with Gasteiger partial charge in [-0.15, -0.1) is 0 Å². The quantitative estimate of drug-likeness (QED) is 0.813. The summed E-state index contributed by atoms with van der Waals surface area (Å²) >= 11 is 6.29. The molecule has 2 aliphatic rings. The summed E-state index contributed by atoms with van der Waals surface area (Å²) in [6.45, 7) is 4.17. The number of para-hydroxylation sites is 1. The predicted molar refractivity (Wildman–Crippen MR) is 104 cm³/mol. The normalized spacial score (nSPS) is 18.6. The van der Waals surface area contributed by atoms with Crippen LogP contribution in [0, 0.1) is 0 Å². The molecule has 0 saturated carbocycles. The molecule has 6 heteroatoms.